The first-order chi connectivity index (χ1) is 6.72. The van der Waals surface area contributed by atoms with E-state index in [-0.39, 0.29) is 5.41 Å². The van der Waals surface area contributed by atoms with E-state index in [4.69, 9.17) is 4.74 Å². The lowest BCUT2D eigenvalue weighted by molar-refractivity contribution is -0.117. The van der Waals surface area contributed by atoms with Crippen molar-refractivity contribution < 1.29 is 9.53 Å². The van der Waals surface area contributed by atoms with Gasteiger partial charge in [-0.2, -0.15) is 0 Å². The standard InChI is InChI=1S/C11H21NO2/c1-3-4-6-12(2)8-11(9-13)5-7-14-10-11/h9H,3-8,10H2,1-2H3. The van der Waals surface area contributed by atoms with Gasteiger partial charge in [0.05, 0.1) is 12.0 Å². The molecule has 3 nitrogen and oxygen atoms in total. The average Bonchev–Trinajstić information content (AvgIpc) is 2.64. The molecule has 1 saturated heterocycles. The summed E-state index contributed by atoms with van der Waals surface area (Å²) in [6, 6.07) is 0. The third-order valence-corrected chi connectivity index (χ3v) is 2.86. The summed E-state index contributed by atoms with van der Waals surface area (Å²) in [5.41, 5.74) is -0.220. The Morgan fingerprint density at radius 3 is 2.86 bits per heavy atom. The molecule has 0 aromatic heterocycles. The van der Waals surface area contributed by atoms with Crippen molar-refractivity contribution in [2.75, 3.05) is 33.4 Å². The minimum absolute atomic E-state index is 0.220. The van der Waals surface area contributed by atoms with Crippen molar-refractivity contribution in [2.45, 2.75) is 26.2 Å². The van der Waals surface area contributed by atoms with Crippen LogP contribution in [0.25, 0.3) is 0 Å². The molecule has 1 fully saturated rings. The van der Waals surface area contributed by atoms with Gasteiger partial charge in [-0.15, -0.1) is 0 Å². The Kier molecular flexibility index (Phi) is 4.55. The molecule has 0 aromatic carbocycles. The number of unbranched alkanes of at least 4 members (excludes halogenated alkanes) is 1. The van der Waals surface area contributed by atoms with Crippen LogP contribution >= 0.6 is 0 Å². The van der Waals surface area contributed by atoms with E-state index in [2.05, 4.69) is 18.9 Å². The summed E-state index contributed by atoms with van der Waals surface area (Å²) >= 11 is 0. The second kappa shape index (κ2) is 5.47. The molecule has 14 heavy (non-hydrogen) atoms. The van der Waals surface area contributed by atoms with Crippen molar-refractivity contribution in [2.24, 2.45) is 5.41 Å². The Bertz CT molecular complexity index is 176. The lowest BCUT2D eigenvalue weighted by atomic mass is 9.88. The Morgan fingerprint density at radius 2 is 2.36 bits per heavy atom. The van der Waals surface area contributed by atoms with Gasteiger partial charge in [-0.25, -0.2) is 0 Å². The predicted molar refractivity (Wildman–Crippen MR) is 56.3 cm³/mol. The van der Waals surface area contributed by atoms with E-state index in [0.717, 1.165) is 32.4 Å². The summed E-state index contributed by atoms with van der Waals surface area (Å²) in [5, 5.41) is 0. The molecule has 0 bridgehead atoms. The van der Waals surface area contributed by atoms with Gasteiger partial charge in [-0.05, 0) is 26.4 Å². The van der Waals surface area contributed by atoms with Crippen molar-refractivity contribution in [1.29, 1.82) is 0 Å². The van der Waals surface area contributed by atoms with Crippen LogP contribution in [0.4, 0.5) is 0 Å². The van der Waals surface area contributed by atoms with Crippen LogP contribution in [-0.2, 0) is 9.53 Å². The van der Waals surface area contributed by atoms with Gasteiger partial charge in [0.2, 0.25) is 0 Å². The van der Waals surface area contributed by atoms with Gasteiger partial charge in [0.1, 0.15) is 6.29 Å². The van der Waals surface area contributed by atoms with Crippen LogP contribution in [0.15, 0.2) is 0 Å². The molecule has 0 N–H and O–H groups in total. The molecule has 1 rings (SSSR count). The minimum Gasteiger partial charge on any atom is -0.380 e. The van der Waals surface area contributed by atoms with Crippen molar-refractivity contribution in [3.05, 3.63) is 0 Å². The van der Waals surface area contributed by atoms with E-state index >= 15 is 0 Å². The highest BCUT2D eigenvalue weighted by molar-refractivity contribution is 5.60. The Hall–Kier alpha value is -0.410. The van der Waals surface area contributed by atoms with E-state index in [1.165, 1.54) is 12.8 Å². The normalized spacial score (nSPS) is 27.1. The quantitative estimate of drug-likeness (QED) is 0.604. The molecule has 1 aliphatic rings. The third kappa shape index (κ3) is 3.07. The van der Waals surface area contributed by atoms with Crippen LogP contribution in [0.1, 0.15) is 26.2 Å². The fourth-order valence-corrected chi connectivity index (χ4v) is 1.92. The molecule has 0 radical (unpaired) electrons. The molecule has 0 aliphatic carbocycles. The lowest BCUT2D eigenvalue weighted by Crippen LogP contribution is -2.37. The number of hydrogen-bond donors (Lipinski definition) is 0. The number of nitrogens with zero attached hydrogens (tertiary/aromatic N) is 1. The maximum absolute atomic E-state index is 11.0. The topological polar surface area (TPSA) is 29.5 Å². The molecule has 1 aliphatic heterocycles. The van der Waals surface area contributed by atoms with Gasteiger partial charge in [-0.1, -0.05) is 13.3 Å². The van der Waals surface area contributed by atoms with Gasteiger partial charge in [0, 0.05) is 13.2 Å². The molecule has 0 saturated carbocycles. The van der Waals surface area contributed by atoms with E-state index in [0.29, 0.717) is 6.61 Å². The van der Waals surface area contributed by atoms with Crippen LogP contribution in [0.5, 0.6) is 0 Å². The van der Waals surface area contributed by atoms with Crippen LogP contribution in [0.2, 0.25) is 0 Å². The van der Waals surface area contributed by atoms with E-state index in [1.54, 1.807) is 0 Å². The Morgan fingerprint density at radius 1 is 1.57 bits per heavy atom. The van der Waals surface area contributed by atoms with Crippen molar-refractivity contribution >= 4 is 6.29 Å². The highest BCUT2D eigenvalue weighted by atomic mass is 16.5. The fourth-order valence-electron chi connectivity index (χ4n) is 1.92. The van der Waals surface area contributed by atoms with Crippen LogP contribution in [-0.4, -0.2) is 44.5 Å². The van der Waals surface area contributed by atoms with Crippen LogP contribution < -0.4 is 0 Å². The van der Waals surface area contributed by atoms with Gasteiger partial charge in [0.25, 0.3) is 0 Å². The third-order valence-electron chi connectivity index (χ3n) is 2.86. The second-order valence-electron chi connectivity index (χ2n) is 4.37. The van der Waals surface area contributed by atoms with Crippen molar-refractivity contribution in [3.8, 4) is 0 Å². The molecule has 0 aromatic rings. The average molecular weight is 199 g/mol. The molecular formula is C11H21NO2. The molecule has 0 amide bonds. The fraction of sp³-hybridized carbons (Fsp3) is 0.909. The lowest BCUT2D eigenvalue weighted by Gasteiger charge is -2.26. The molecule has 82 valence electrons. The summed E-state index contributed by atoms with van der Waals surface area (Å²) in [6.45, 7) is 5.44. The zero-order valence-electron chi connectivity index (χ0n) is 9.29. The first kappa shape index (κ1) is 11.7. The first-order valence-electron chi connectivity index (χ1n) is 5.45. The van der Waals surface area contributed by atoms with Gasteiger partial charge in [0.15, 0.2) is 0 Å². The first-order valence-corrected chi connectivity index (χ1v) is 5.45. The SMILES string of the molecule is CCCCN(C)CC1(C=O)CCOC1. The molecule has 3 heteroatoms. The summed E-state index contributed by atoms with van der Waals surface area (Å²) in [7, 11) is 2.08. The highest BCUT2D eigenvalue weighted by Crippen LogP contribution is 2.26. The maximum atomic E-state index is 11.0. The van der Waals surface area contributed by atoms with Crippen LogP contribution in [0.3, 0.4) is 0 Å². The van der Waals surface area contributed by atoms with E-state index in [1.807, 2.05) is 0 Å². The predicted octanol–water partition coefficient (Wildman–Crippen LogP) is 1.32. The summed E-state index contributed by atoms with van der Waals surface area (Å²) in [6.07, 6.45) is 4.37. The van der Waals surface area contributed by atoms with Gasteiger partial charge in [-0.3, -0.25) is 0 Å². The highest BCUT2D eigenvalue weighted by Gasteiger charge is 2.35. The molecule has 1 unspecified atom stereocenters. The zero-order chi connectivity index (χ0) is 10.4. The molecule has 0 spiro atoms. The van der Waals surface area contributed by atoms with Crippen LogP contribution in [0, 0.1) is 5.41 Å². The second-order valence-corrected chi connectivity index (χ2v) is 4.37. The number of hydrogen-bond acceptors (Lipinski definition) is 3. The number of ether oxygens (including phenoxy) is 1. The summed E-state index contributed by atoms with van der Waals surface area (Å²) in [4.78, 5) is 13.3. The summed E-state index contributed by atoms with van der Waals surface area (Å²) < 4.78 is 5.30. The maximum Gasteiger partial charge on any atom is 0.129 e. The molecular weight excluding hydrogens is 178 g/mol. The Labute approximate surface area is 86.4 Å². The smallest absolute Gasteiger partial charge is 0.129 e. The van der Waals surface area contributed by atoms with E-state index in [9.17, 15) is 4.79 Å². The van der Waals surface area contributed by atoms with Gasteiger partial charge >= 0.3 is 0 Å². The zero-order valence-corrected chi connectivity index (χ0v) is 9.29. The summed E-state index contributed by atoms with van der Waals surface area (Å²) in [5.74, 6) is 0. The largest absolute Gasteiger partial charge is 0.380 e. The van der Waals surface area contributed by atoms with E-state index < -0.39 is 0 Å². The molecule has 1 heterocycles. The number of rotatable bonds is 6. The Balaban J connectivity index is 2.35. The monoisotopic (exact) mass is 199 g/mol. The molecule has 1 atom stereocenters. The number of carbonyl (C=O) groups excluding carboxylic acids is 1. The number of aldehydes is 1. The van der Waals surface area contributed by atoms with Crippen molar-refractivity contribution in [3.63, 3.8) is 0 Å². The van der Waals surface area contributed by atoms with Gasteiger partial charge < -0.3 is 14.4 Å². The minimum atomic E-state index is -0.220. The van der Waals surface area contributed by atoms with Crippen molar-refractivity contribution in [1.82, 2.24) is 4.90 Å². The number of carbonyl (C=O) groups is 1.